The van der Waals surface area contributed by atoms with Crippen molar-refractivity contribution in [3.63, 3.8) is 0 Å². The zero-order valence-electron chi connectivity index (χ0n) is 10.4. The van der Waals surface area contributed by atoms with Crippen LogP contribution in [0.15, 0.2) is 48.8 Å². The van der Waals surface area contributed by atoms with Crippen LogP contribution in [0.4, 0.5) is 21.5 Å². The number of nitrogens with one attached hydrogen (secondary N) is 1. The van der Waals surface area contributed by atoms with E-state index in [1.807, 2.05) is 46.9 Å². The first-order valence-electron chi connectivity index (χ1n) is 5.99. The summed E-state index contributed by atoms with van der Waals surface area (Å²) < 4.78 is 14.2. The number of nitrogens with two attached hydrogens (primary N) is 1. The predicted molar refractivity (Wildman–Crippen MR) is 88.6 cm³/mol. The maximum Gasteiger partial charge on any atom is 0.138 e. The van der Waals surface area contributed by atoms with Gasteiger partial charge in [-0.05, 0) is 46.2 Å². The predicted octanol–water partition coefficient (Wildman–Crippen LogP) is 4.30. The highest BCUT2D eigenvalue weighted by atomic mass is 127. The van der Waals surface area contributed by atoms with E-state index >= 15 is 0 Å². The summed E-state index contributed by atoms with van der Waals surface area (Å²) in [5, 5.41) is 5.21. The maximum atomic E-state index is 13.7. The number of hydrogen-bond donors (Lipinski definition) is 2. The summed E-state index contributed by atoms with van der Waals surface area (Å²) in [5.74, 6) is -0.291. The van der Waals surface area contributed by atoms with Crippen molar-refractivity contribution in [1.29, 1.82) is 0 Å². The second-order valence-corrected chi connectivity index (χ2v) is 5.54. The third-order valence-electron chi connectivity index (χ3n) is 3.05. The SMILES string of the molecule is Nc1cc(I)c(F)cc1Nc1cccc2ccncc12. The summed E-state index contributed by atoms with van der Waals surface area (Å²) >= 11 is 1.92. The smallest absolute Gasteiger partial charge is 0.138 e. The van der Waals surface area contributed by atoms with E-state index < -0.39 is 0 Å². The lowest BCUT2D eigenvalue weighted by atomic mass is 10.1. The van der Waals surface area contributed by atoms with Crippen LogP contribution < -0.4 is 11.1 Å². The monoisotopic (exact) mass is 379 g/mol. The van der Waals surface area contributed by atoms with Gasteiger partial charge in [0.1, 0.15) is 5.82 Å². The van der Waals surface area contributed by atoms with Crippen LogP contribution >= 0.6 is 22.6 Å². The summed E-state index contributed by atoms with van der Waals surface area (Å²) in [4.78, 5) is 4.12. The third-order valence-corrected chi connectivity index (χ3v) is 3.87. The van der Waals surface area contributed by atoms with Gasteiger partial charge in [-0.3, -0.25) is 4.98 Å². The summed E-state index contributed by atoms with van der Waals surface area (Å²) in [6.07, 6.45) is 3.52. The molecule has 0 saturated carbocycles. The Morgan fingerprint density at radius 1 is 1.15 bits per heavy atom. The molecular formula is C15H11FIN3. The standard InChI is InChI=1S/C15H11FIN3/c16-11-6-15(13(18)7-12(11)17)20-14-3-1-2-9-4-5-19-8-10(9)14/h1-8,20H,18H2. The van der Waals surface area contributed by atoms with Crippen LogP contribution in [0.3, 0.4) is 0 Å². The molecular weight excluding hydrogens is 368 g/mol. The largest absolute Gasteiger partial charge is 0.397 e. The number of nitrogen functional groups attached to an aromatic ring is 1. The van der Waals surface area contributed by atoms with Gasteiger partial charge in [-0.15, -0.1) is 0 Å². The molecule has 0 amide bonds. The highest BCUT2D eigenvalue weighted by Gasteiger charge is 2.08. The Hall–Kier alpha value is -1.89. The molecule has 0 aliphatic rings. The number of benzene rings is 2. The normalized spacial score (nSPS) is 10.7. The topological polar surface area (TPSA) is 50.9 Å². The highest BCUT2D eigenvalue weighted by Crippen LogP contribution is 2.30. The molecule has 0 fully saturated rings. The van der Waals surface area contributed by atoms with Gasteiger partial charge in [0.15, 0.2) is 0 Å². The van der Waals surface area contributed by atoms with E-state index in [0.717, 1.165) is 16.5 Å². The first-order valence-corrected chi connectivity index (χ1v) is 7.07. The Morgan fingerprint density at radius 2 is 2.00 bits per heavy atom. The average molecular weight is 379 g/mol. The molecule has 0 aliphatic carbocycles. The van der Waals surface area contributed by atoms with Crippen molar-refractivity contribution in [3.05, 3.63) is 58.2 Å². The molecule has 0 bridgehead atoms. The van der Waals surface area contributed by atoms with E-state index in [-0.39, 0.29) is 5.82 Å². The van der Waals surface area contributed by atoms with Crippen LogP contribution in [0.1, 0.15) is 0 Å². The van der Waals surface area contributed by atoms with Crippen LogP contribution in [-0.4, -0.2) is 4.98 Å². The Morgan fingerprint density at radius 3 is 2.85 bits per heavy atom. The Kier molecular flexibility index (Phi) is 3.43. The lowest BCUT2D eigenvalue weighted by Crippen LogP contribution is -1.99. The van der Waals surface area contributed by atoms with Gasteiger partial charge in [0, 0.05) is 29.5 Å². The van der Waals surface area contributed by atoms with Crippen molar-refractivity contribution in [2.75, 3.05) is 11.1 Å². The minimum absolute atomic E-state index is 0.291. The molecule has 0 aliphatic heterocycles. The maximum absolute atomic E-state index is 13.7. The van der Waals surface area contributed by atoms with Crippen LogP contribution in [0, 0.1) is 9.39 Å². The number of anilines is 3. The molecule has 20 heavy (non-hydrogen) atoms. The lowest BCUT2D eigenvalue weighted by Gasteiger charge is -2.12. The fraction of sp³-hybridized carbons (Fsp3) is 0. The average Bonchev–Trinajstić information content (AvgIpc) is 2.45. The van der Waals surface area contributed by atoms with Crippen molar-refractivity contribution in [3.8, 4) is 0 Å². The molecule has 3 nitrogen and oxygen atoms in total. The number of halogens is 2. The second-order valence-electron chi connectivity index (χ2n) is 4.38. The molecule has 5 heteroatoms. The van der Waals surface area contributed by atoms with Crippen LogP contribution in [0.5, 0.6) is 0 Å². The highest BCUT2D eigenvalue weighted by molar-refractivity contribution is 14.1. The first kappa shape index (κ1) is 13.1. The van der Waals surface area contributed by atoms with E-state index in [4.69, 9.17) is 5.73 Å². The number of rotatable bonds is 2. The van der Waals surface area contributed by atoms with Gasteiger partial charge in [-0.25, -0.2) is 4.39 Å². The third kappa shape index (κ3) is 2.40. The molecule has 3 N–H and O–H groups in total. The van der Waals surface area contributed by atoms with Gasteiger partial charge in [-0.2, -0.15) is 0 Å². The zero-order valence-corrected chi connectivity index (χ0v) is 12.6. The number of nitrogens with zero attached hydrogens (tertiary/aromatic N) is 1. The molecule has 0 radical (unpaired) electrons. The van der Waals surface area contributed by atoms with Crippen LogP contribution in [0.25, 0.3) is 10.8 Å². The molecule has 1 aromatic heterocycles. The quantitative estimate of drug-likeness (QED) is 0.516. The van der Waals surface area contributed by atoms with Gasteiger partial charge >= 0.3 is 0 Å². The Bertz CT molecular complexity index is 784. The van der Waals surface area contributed by atoms with Gasteiger partial charge < -0.3 is 11.1 Å². The zero-order chi connectivity index (χ0) is 14.1. The fourth-order valence-corrected chi connectivity index (χ4v) is 2.53. The van der Waals surface area contributed by atoms with Crippen molar-refractivity contribution < 1.29 is 4.39 Å². The minimum atomic E-state index is -0.291. The van der Waals surface area contributed by atoms with Crippen molar-refractivity contribution in [2.24, 2.45) is 0 Å². The summed E-state index contributed by atoms with van der Waals surface area (Å²) in [7, 11) is 0. The Balaban J connectivity index is 2.08. The van der Waals surface area contributed by atoms with Gasteiger partial charge in [0.2, 0.25) is 0 Å². The van der Waals surface area contributed by atoms with Gasteiger partial charge in [-0.1, -0.05) is 12.1 Å². The van der Waals surface area contributed by atoms with Crippen LogP contribution in [-0.2, 0) is 0 Å². The van der Waals surface area contributed by atoms with Crippen molar-refractivity contribution in [2.45, 2.75) is 0 Å². The molecule has 3 aromatic rings. The lowest BCUT2D eigenvalue weighted by molar-refractivity contribution is 0.621. The van der Waals surface area contributed by atoms with E-state index in [1.54, 1.807) is 18.5 Å². The fourth-order valence-electron chi connectivity index (χ4n) is 2.04. The molecule has 3 rings (SSSR count). The van der Waals surface area contributed by atoms with E-state index in [9.17, 15) is 4.39 Å². The van der Waals surface area contributed by atoms with Gasteiger partial charge in [0.25, 0.3) is 0 Å². The van der Waals surface area contributed by atoms with Crippen LogP contribution in [0.2, 0.25) is 0 Å². The molecule has 2 aromatic carbocycles. The summed E-state index contributed by atoms with van der Waals surface area (Å²) in [5.41, 5.74) is 7.85. The molecule has 0 spiro atoms. The summed E-state index contributed by atoms with van der Waals surface area (Å²) in [6.45, 7) is 0. The first-order chi connectivity index (χ1) is 9.65. The molecule has 0 saturated heterocycles. The van der Waals surface area contributed by atoms with E-state index in [1.165, 1.54) is 6.07 Å². The molecule has 0 unspecified atom stereocenters. The molecule has 0 atom stereocenters. The summed E-state index contributed by atoms with van der Waals surface area (Å²) in [6, 6.07) is 10.8. The number of aromatic nitrogens is 1. The number of fused-ring (bicyclic) bond motifs is 1. The number of pyridine rings is 1. The van der Waals surface area contributed by atoms with Gasteiger partial charge in [0.05, 0.1) is 14.9 Å². The van der Waals surface area contributed by atoms with E-state index in [0.29, 0.717) is 14.9 Å². The minimum Gasteiger partial charge on any atom is -0.397 e. The van der Waals surface area contributed by atoms with E-state index in [2.05, 4.69) is 10.3 Å². The number of hydrogen-bond acceptors (Lipinski definition) is 3. The second kappa shape index (κ2) is 5.24. The molecule has 1 heterocycles. The Labute approximate surface area is 129 Å². The van der Waals surface area contributed by atoms with Crippen molar-refractivity contribution in [1.82, 2.24) is 4.98 Å². The molecule has 100 valence electrons. The van der Waals surface area contributed by atoms with Crippen molar-refractivity contribution >= 4 is 50.4 Å².